The van der Waals surface area contributed by atoms with Gasteiger partial charge in [-0.15, -0.1) is 11.8 Å². The Morgan fingerprint density at radius 1 is 1.12 bits per heavy atom. The number of anilines is 1. The van der Waals surface area contributed by atoms with Crippen LogP contribution in [-0.4, -0.2) is 43.6 Å². The van der Waals surface area contributed by atoms with Crippen LogP contribution in [-0.2, 0) is 16.0 Å². The Morgan fingerprint density at radius 2 is 1.88 bits per heavy atom. The number of morpholine rings is 1. The largest absolute Gasteiger partial charge is 0.378 e. The minimum absolute atomic E-state index is 0.257. The molecule has 0 N–H and O–H groups in total. The Kier molecular flexibility index (Phi) is 7.48. The van der Waals surface area contributed by atoms with E-state index in [0.717, 1.165) is 44.0 Å². The summed E-state index contributed by atoms with van der Waals surface area (Å²) in [6.45, 7) is 9.83. The van der Waals surface area contributed by atoms with Gasteiger partial charge in [0.05, 0.1) is 24.7 Å². The van der Waals surface area contributed by atoms with Gasteiger partial charge in [-0.05, 0) is 43.0 Å². The number of aliphatic imine (C=N–C) groups is 1. The maximum absolute atomic E-state index is 12.7. The van der Waals surface area contributed by atoms with E-state index < -0.39 is 0 Å². The molecule has 0 saturated carbocycles. The van der Waals surface area contributed by atoms with Crippen LogP contribution in [0.3, 0.4) is 0 Å². The second kappa shape index (κ2) is 10.5. The lowest BCUT2D eigenvalue weighted by atomic mass is 9.95. The van der Waals surface area contributed by atoms with Crippen molar-refractivity contribution >= 4 is 28.9 Å². The fourth-order valence-corrected chi connectivity index (χ4v) is 5.45. The van der Waals surface area contributed by atoms with Gasteiger partial charge in [0.25, 0.3) is 0 Å². The summed E-state index contributed by atoms with van der Waals surface area (Å²) in [6, 6.07) is 15.0. The summed E-state index contributed by atoms with van der Waals surface area (Å²) in [6.07, 6.45) is 3.43. The van der Waals surface area contributed by atoms with Crippen LogP contribution in [0.2, 0.25) is 0 Å². The number of hydrogen-bond donors (Lipinski definition) is 0. The number of Topliss-reactive ketones (excluding diaryl/α,β-unsaturated/α-hetero) is 1. The molecule has 2 aromatic carbocycles. The average molecular weight is 449 g/mol. The van der Waals surface area contributed by atoms with Gasteiger partial charge in [-0.2, -0.15) is 0 Å². The predicted molar refractivity (Wildman–Crippen MR) is 135 cm³/mol. The summed E-state index contributed by atoms with van der Waals surface area (Å²) in [5.74, 6) is 1.03. The molecule has 1 unspecified atom stereocenters. The lowest BCUT2D eigenvalue weighted by Gasteiger charge is -2.30. The third-order valence-electron chi connectivity index (χ3n) is 6.17. The lowest BCUT2D eigenvalue weighted by Crippen LogP contribution is -2.36. The zero-order chi connectivity index (χ0) is 22.5. The predicted octanol–water partition coefficient (Wildman–Crippen LogP) is 5.36. The summed E-state index contributed by atoms with van der Waals surface area (Å²) >= 11 is 1.65. The van der Waals surface area contributed by atoms with Crippen LogP contribution in [0.5, 0.6) is 0 Å². The minimum atomic E-state index is 0.257. The van der Waals surface area contributed by atoms with Gasteiger partial charge in [-0.1, -0.05) is 48.9 Å². The van der Waals surface area contributed by atoms with Crippen LogP contribution < -0.4 is 4.90 Å². The van der Waals surface area contributed by atoms with Crippen molar-refractivity contribution < 1.29 is 9.53 Å². The van der Waals surface area contributed by atoms with Gasteiger partial charge in [0.15, 0.2) is 0 Å². The maximum atomic E-state index is 12.7. The van der Waals surface area contributed by atoms with Crippen molar-refractivity contribution in [1.29, 1.82) is 0 Å². The zero-order valence-corrected chi connectivity index (χ0v) is 20.1. The van der Waals surface area contributed by atoms with E-state index in [1.54, 1.807) is 11.8 Å². The molecule has 2 aromatic rings. The molecule has 168 valence electrons. The third kappa shape index (κ3) is 5.33. The molecule has 4 rings (SSSR count). The Balaban J connectivity index is 1.32. The third-order valence-corrected chi connectivity index (χ3v) is 7.36. The van der Waals surface area contributed by atoms with Crippen molar-refractivity contribution in [2.45, 2.75) is 33.6 Å². The first kappa shape index (κ1) is 22.8. The molecule has 0 bridgehead atoms. The van der Waals surface area contributed by atoms with E-state index in [2.05, 4.69) is 68.1 Å². The molecular formula is C27H32N2O2S. The molecule has 5 heteroatoms. The van der Waals surface area contributed by atoms with Crippen molar-refractivity contribution in [2.24, 2.45) is 10.9 Å². The monoisotopic (exact) mass is 448 g/mol. The van der Waals surface area contributed by atoms with Crippen LogP contribution in [0.4, 0.5) is 5.69 Å². The number of hydrogen-bond acceptors (Lipinski definition) is 5. The van der Waals surface area contributed by atoms with Crippen LogP contribution >= 0.6 is 11.8 Å². The van der Waals surface area contributed by atoms with Gasteiger partial charge < -0.3 is 9.64 Å². The number of ether oxygens (including phenoxy) is 1. The highest BCUT2D eigenvalue weighted by molar-refractivity contribution is 8.03. The first-order valence-corrected chi connectivity index (χ1v) is 12.4. The number of rotatable bonds is 8. The van der Waals surface area contributed by atoms with Gasteiger partial charge in [0.1, 0.15) is 5.78 Å². The molecular weight excluding hydrogens is 416 g/mol. The Hall–Kier alpha value is -2.37. The topological polar surface area (TPSA) is 41.9 Å². The number of benzene rings is 2. The molecule has 1 fully saturated rings. The smallest absolute Gasteiger partial charge is 0.147 e. The van der Waals surface area contributed by atoms with E-state index in [-0.39, 0.29) is 11.7 Å². The van der Waals surface area contributed by atoms with Crippen LogP contribution in [0.1, 0.15) is 35.6 Å². The standard InChI is InChI=1S/C27H32N2O2S/c1-4-24-26(17-28-27(24)22-8-5-19(2)6-9-22)32-18-23(30)16-21-7-10-25(20(3)15-21)29-11-13-31-14-12-29/h5-10,15,17,24H,4,11-14,16,18H2,1-3H3. The Labute approximate surface area is 195 Å². The second-order valence-corrected chi connectivity index (χ2v) is 9.65. The van der Waals surface area contributed by atoms with E-state index in [1.807, 2.05) is 6.20 Å². The van der Waals surface area contributed by atoms with Gasteiger partial charge in [-0.3, -0.25) is 9.79 Å². The van der Waals surface area contributed by atoms with Crippen LogP contribution in [0, 0.1) is 19.8 Å². The number of thioether (sulfide) groups is 1. The summed E-state index contributed by atoms with van der Waals surface area (Å²) in [4.78, 5) is 21.0. The molecule has 2 heterocycles. The van der Waals surface area contributed by atoms with Gasteiger partial charge in [0.2, 0.25) is 0 Å². The molecule has 32 heavy (non-hydrogen) atoms. The summed E-state index contributed by atoms with van der Waals surface area (Å²) in [5.41, 5.74) is 7.12. The van der Waals surface area contributed by atoms with Crippen molar-refractivity contribution in [1.82, 2.24) is 0 Å². The molecule has 4 nitrogen and oxygen atoms in total. The van der Waals surface area contributed by atoms with E-state index in [0.29, 0.717) is 12.2 Å². The number of ketones is 1. The highest BCUT2D eigenvalue weighted by Crippen LogP contribution is 2.35. The maximum Gasteiger partial charge on any atom is 0.147 e. The van der Waals surface area contributed by atoms with Crippen LogP contribution in [0.15, 0.2) is 58.6 Å². The fraction of sp³-hybridized carbons (Fsp3) is 0.407. The lowest BCUT2D eigenvalue weighted by molar-refractivity contribution is -0.116. The molecule has 1 atom stereocenters. The summed E-state index contributed by atoms with van der Waals surface area (Å²) < 4.78 is 5.46. The Morgan fingerprint density at radius 3 is 2.56 bits per heavy atom. The second-order valence-electron chi connectivity index (χ2n) is 8.60. The highest BCUT2D eigenvalue weighted by Gasteiger charge is 2.25. The minimum Gasteiger partial charge on any atom is -0.378 e. The molecule has 0 aliphatic carbocycles. The summed E-state index contributed by atoms with van der Waals surface area (Å²) in [5, 5.41) is 0. The number of aryl methyl sites for hydroxylation is 2. The molecule has 2 aliphatic heterocycles. The normalized spacial score (nSPS) is 18.5. The van der Waals surface area contributed by atoms with E-state index >= 15 is 0 Å². The molecule has 0 aromatic heterocycles. The first-order chi connectivity index (χ1) is 15.5. The number of carbonyl (C=O) groups excluding carboxylic acids is 1. The molecule has 0 spiro atoms. The number of nitrogens with zero attached hydrogens (tertiary/aromatic N) is 2. The van der Waals surface area contributed by atoms with Crippen LogP contribution in [0.25, 0.3) is 0 Å². The van der Waals surface area contributed by atoms with E-state index in [1.165, 1.54) is 27.3 Å². The van der Waals surface area contributed by atoms with Crippen molar-refractivity contribution in [2.75, 3.05) is 37.0 Å². The summed E-state index contributed by atoms with van der Waals surface area (Å²) in [7, 11) is 0. The quantitative estimate of drug-likeness (QED) is 0.546. The van der Waals surface area contributed by atoms with Crippen molar-refractivity contribution in [3.8, 4) is 0 Å². The molecule has 0 radical (unpaired) electrons. The highest BCUT2D eigenvalue weighted by atomic mass is 32.2. The first-order valence-electron chi connectivity index (χ1n) is 11.5. The average Bonchev–Trinajstić information content (AvgIpc) is 3.22. The molecule has 0 amide bonds. The van der Waals surface area contributed by atoms with Crippen molar-refractivity contribution in [3.63, 3.8) is 0 Å². The SMILES string of the molecule is CCC1C(SCC(=O)Cc2ccc(N3CCOCC3)c(C)c2)=CN=C1c1ccc(C)cc1. The number of allylic oxidation sites excluding steroid dienone is 1. The molecule has 1 saturated heterocycles. The van der Waals surface area contributed by atoms with E-state index in [9.17, 15) is 4.79 Å². The van der Waals surface area contributed by atoms with Gasteiger partial charge >= 0.3 is 0 Å². The number of carbonyl (C=O) groups is 1. The molecule has 2 aliphatic rings. The van der Waals surface area contributed by atoms with E-state index in [4.69, 9.17) is 9.73 Å². The van der Waals surface area contributed by atoms with Gasteiger partial charge in [-0.25, -0.2) is 0 Å². The fourth-order valence-electron chi connectivity index (χ4n) is 4.41. The van der Waals surface area contributed by atoms with Gasteiger partial charge in [0, 0.05) is 42.2 Å². The Bertz CT molecular complexity index is 1020. The zero-order valence-electron chi connectivity index (χ0n) is 19.3. The van der Waals surface area contributed by atoms with Crippen molar-refractivity contribution in [3.05, 3.63) is 75.8 Å².